The molecular formula is C12H14N2O6S. The van der Waals surface area contributed by atoms with Crippen LogP contribution in [0.2, 0.25) is 0 Å². The van der Waals surface area contributed by atoms with Crippen molar-refractivity contribution < 1.29 is 23.2 Å². The Balaban J connectivity index is 2.11. The summed E-state index contributed by atoms with van der Waals surface area (Å²) in [7, 11) is -3.03. The first-order valence-electron chi connectivity index (χ1n) is 6.28. The number of nitro benzene ring substituents is 1. The number of hydrogen-bond donors (Lipinski definition) is 2. The van der Waals surface area contributed by atoms with Crippen molar-refractivity contribution >= 4 is 21.4 Å². The highest BCUT2D eigenvalue weighted by atomic mass is 32.2. The lowest BCUT2D eigenvalue weighted by atomic mass is 10.1. The molecule has 1 fully saturated rings. The van der Waals surface area contributed by atoms with E-state index in [1.54, 1.807) is 0 Å². The molecule has 0 bridgehead atoms. The number of hydrogen-bond acceptors (Lipinski definition) is 6. The lowest BCUT2D eigenvalue weighted by molar-refractivity contribution is -0.385. The molecule has 0 aromatic heterocycles. The zero-order valence-corrected chi connectivity index (χ0v) is 11.8. The van der Waals surface area contributed by atoms with E-state index < -0.39 is 32.1 Å². The minimum Gasteiger partial charge on any atom is -0.502 e. The van der Waals surface area contributed by atoms with Crippen LogP contribution in [0.3, 0.4) is 0 Å². The number of phenols is 1. The molecule has 1 saturated heterocycles. The molecule has 114 valence electrons. The van der Waals surface area contributed by atoms with Crippen LogP contribution < -0.4 is 5.32 Å². The van der Waals surface area contributed by atoms with E-state index >= 15 is 0 Å². The lowest BCUT2D eigenvalue weighted by Gasteiger charge is -2.23. The van der Waals surface area contributed by atoms with Crippen LogP contribution >= 0.6 is 0 Å². The number of benzene rings is 1. The van der Waals surface area contributed by atoms with Crippen molar-refractivity contribution in [2.24, 2.45) is 0 Å². The molecular weight excluding hydrogens is 300 g/mol. The number of rotatable bonds is 3. The average molecular weight is 314 g/mol. The molecule has 2 N–H and O–H groups in total. The summed E-state index contributed by atoms with van der Waals surface area (Å²) in [5.41, 5.74) is -0.744. The molecule has 1 heterocycles. The molecule has 2 rings (SSSR count). The molecule has 1 aliphatic heterocycles. The predicted molar refractivity (Wildman–Crippen MR) is 73.9 cm³/mol. The zero-order valence-electron chi connectivity index (χ0n) is 11.0. The Morgan fingerprint density at radius 1 is 1.33 bits per heavy atom. The molecule has 1 aliphatic rings. The SMILES string of the molecule is O=C(NC1CCS(=O)(=O)CC1)c1cccc([N+](=O)[O-])c1O. The summed E-state index contributed by atoms with van der Waals surface area (Å²) in [4.78, 5) is 22.0. The van der Waals surface area contributed by atoms with Crippen molar-refractivity contribution in [1.82, 2.24) is 5.32 Å². The molecule has 0 radical (unpaired) electrons. The standard InChI is InChI=1S/C12H14N2O6S/c15-11-9(2-1-3-10(11)14(17)18)12(16)13-8-4-6-21(19,20)7-5-8/h1-3,8,15H,4-7H2,(H,13,16). The van der Waals surface area contributed by atoms with Gasteiger partial charge in [0.2, 0.25) is 5.75 Å². The number of amides is 1. The molecule has 0 unspecified atom stereocenters. The van der Waals surface area contributed by atoms with Crippen LogP contribution in [0.1, 0.15) is 23.2 Å². The van der Waals surface area contributed by atoms with Crippen molar-refractivity contribution in [3.8, 4) is 5.75 Å². The van der Waals surface area contributed by atoms with Crippen molar-refractivity contribution in [3.63, 3.8) is 0 Å². The maximum Gasteiger partial charge on any atom is 0.311 e. The Morgan fingerprint density at radius 3 is 2.52 bits per heavy atom. The normalized spacial score (nSPS) is 18.1. The summed E-state index contributed by atoms with van der Waals surface area (Å²) >= 11 is 0. The number of aromatic hydroxyl groups is 1. The van der Waals surface area contributed by atoms with Crippen molar-refractivity contribution in [2.45, 2.75) is 18.9 Å². The summed E-state index contributed by atoms with van der Waals surface area (Å²) in [6, 6.07) is 3.36. The van der Waals surface area contributed by atoms with Gasteiger partial charge in [0.1, 0.15) is 9.84 Å². The summed E-state index contributed by atoms with van der Waals surface area (Å²) in [6.07, 6.45) is 0.591. The Bertz CT molecular complexity index is 671. The van der Waals surface area contributed by atoms with Crippen LogP contribution in [0.15, 0.2) is 18.2 Å². The van der Waals surface area contributed by atoms with Gasteiger partial charge in [-0.25, -0.2) is 8.42 Å². The quantitative estimate of drug-likeness (QED) is 0.621. The van der Waals surface area contributed by atoms with E-state index in [2.05, 4.69) is 5.32 Å². The number of nitro groups is 1. The molecule has 1 aromatic rings. The van der Waals surface area contributed by atoms with Crippen molar-refractivity contribution in [3.05, 3.63) is 33.9 Å². The van der Waals surface area contributed by atoms with Crippen LogP contribution in [0.4, 0.5) is 5.69 Å². The fourth-order valence-corrected chi connectivity index (χ4v) is 3.65. The monoisotopic (exact) mass is 314 g/mol. The highest BCUT2D eigenvalue weighted by Gasteiger charge is 2.27. The van der Waals surface area contributed by atoms with E-state index in [0.717, 1.165) is 6.07 Å². The number of carbonyl (C=O) groups excluding carboxylic acids is 1. The number of carbonyl (C=O) groups is 1. The Labute approximate surface area is 120 Å². The van der Waals surface area contributed by atoms with Crippen LogP contribution in [-0.4, -0.2) is 41.9 Å². The number of phenolic OH excluding ortho intramolecular Hbond substituents is 1. The van der Waals surface area contributed by atoms with Crippen LogP contribution in [0.5, 0.6) is 5.75 Å². The minimum atomic E-state index is -3.03. The molecule has 0 spiro atoms. The van der Waals surface area contributed by atoms with Crippen LogP contribution in [0.25, 0.3) is 0 Å². The van der Waals surface area contributed by atoms with Crippen LogP contribution in [-0.2, 0) is 9.84 Å². The molecule has 21 heavy (non-hydrogen) atoms. The van der Waals surface area contributed by atoms with E-state index in [4.69, 9.17) is 0 Å². The lowest BCUT2D eigenvalue weighted by Crippen LogP contribution is -2.40. The third-order valence-corrected chi connectivity index (χ3v) is 5.06. The number of sulfone groups is 1. The molecule has 0 atom stereocenters. The van der Waals surface area contributed by atoms with Gasteiger partial charge in [-0.1, -0.05) is 6.07 Å². The maximum absolute atomic E-state index is 12.0. The average Bonchev–Trinajstić information content (AvgIpc) is 2.41. The molecule has 0 aliphatic carbocycles. The van der Waals surface area contributed by atoms with Gasteiger partial charge in [-0.15, -0.1) is 0 Å². The summed E-state index contributed by atoms with van der Waals surface area (Å²) in [6.45, 7) is 0. The fourth-order valence-electron chi connectivity index (χ4n) is 2.16. The van der Waals surface area contributed by atoms with Gasteiger partial charge < -0.3 is 10.4 Å². The van der Waals surface area contributed by atoms with Crippen molar-refractivity contribution in [1.29, 1.82) is 0 Å². The first-order chi connectivity index (χ1) is 9.80. The Morgan fingerprint density at radius 2 is 1.95 bits per heavy atom. The van der Waals surface area contributed by atoms with E-state index in [1.807, 2.05) is 0 Å². The van der Waals surface area contributed by atoms with Gasteiger partial charge in [0.05, 0.1) is 22.0 Å². The first-order valence-corrected chi connectivity index (χ1v) is 8.10. The molecule has 1 amide bonds. The third kappa shape index (κ3) is 3.48. The van der Waals surface area contributed by atoms with E-state index in [0.29, 0.717) is 12.8 Å². The number of nitrogens with one attached hydrogen (secondary N) is 1. The summed E-state index contributed by atoms with van der Waals surface area (Å²) < 4.78 is 22.6. The molecule has 1 aromatic carbocycles. The molecule has 0 saturated carbocycles. The third-order valence-electron chi connectivity index (χ3n) is 3.35. The van der Waals surface area contributed by atoms with Gasteiger partial charge in [-0.2, -0.15) is 0 Å². The van der Waals surface area contributed by atoms with Gasteiger partial charge in [0.15, 0.2) is 0 Å². The Kier molecular flexibility index (Phi) is 4.12. The minimum absolute atomic E-state index is 0.00112. The van der Waals surface area contributed by atoms with Gasteiger partial charge in [-0.05, 0) is 18.9 Å². The number of para-hydroxylation sites is 1. The first kappa shape index (κ1) is 15.2. The second kappa shape index (κ2) is 5.68. The van der Waals surface area contributed by atoms with E-state index in [1.165, 1.54) is 12.1 Å². The maximum atomic E-state index is 12.0. The predicted octanol–water partition coefficient (Wildman–Crippen LogP) is 0.607. The second-order valence-corrected chi connectivity index (χ2v) is 7.13. The van der Waals surface area contributed by atoms with E-state index in [9.17, 15) is 28.4 Å². The van der Waals surface area contributed by atoms with E-state index in [-0.39, 0.29) is 23.1 Å². The topological polar surface area (TPSA) is 127 Å². The van der Waals surface area contributed by atoms with Crippen LogP contribution in [0, 0.1) is 10.1 Å². The van der Waals surface area contributed by atoms with Gasteiger partial charge in [-0.3, -0.25) is 14.9 Å². The zero-order chi connectivity index (χ0) is 15.6. The van der Waals surface area contributed by atoms with Crippen molar-refractivity contribution in [2.75, 3.05) is 11.5 Å². The molecule has 9 heteroatoms. The van der Waals surface area contributed by atoms with Gasteiger partial charge in [0.25, 0.3) is 5.91 Å². The fraction of sp³-hybridized carbons (Fsp3) is 0.417. The molecule has 8 nitrogen and oxygen atoms in total. The number of nitrogens with zero attached hydrogens (tertiary/aromatic N) is 1. The highest BCUT2D eigenvalue weighted by Crippen LogP contribution is 2.29. The smallest absolute Gasteiger partial charge is 0.311 e. The van der Waals surface area contributed by atoms with Gasteiger partial charge in [0, 0.05) is 12.1 Å². The largest absolute Gasteiger partial charge is 0.502 e. The summed E-state index contributed by atoms with van der Waals surface area (Å²) in [5.74, 6) is -1.35. The highest BCUT2D eigenvalue weighted by molar-refractivity contribution is 7.91. The van der Waals surface area contributed by atoms with Gasteiger partial charge >= 0.3 is 5.69 Å². The second-order valence-electron chi connectivity index (χ2n) is 4.83. The summed E-state index contributed by atoms with van der Waals surface area (Å²) in [5, 5.41) is 23.0. The Hall–Kier alpha value is -2.16.